The van der Waals surface area contributed by atoms with Gasteiger partial charge < -0.3 is 19.6 Å². The smallest absolute Gasteiger partial charge is 0.241 e. The summed E-state index contributed by atoms with van der Waals surface area (Å²) in [6.45, 7) is 0.437. The molecule has 0 saturated heterocycles. The van der Waals surface area contributed by atoms with E-state index in [4.69, 9.17) is 19.6 Å². The quantitative estimate of drug-likeness (QED) is 0.600. The third-order valence-electron chi connectivity index (χ3n) is 3.49. The van der Waals surface area contributed by atoms with Crippen LogP contribution in [0, 0.1) is 0 Å². The second-order valence-corrected chi connectivity index (χ2v) is 7.71. The van der Waals surface area contributed by atoms with Crippen molar-refractivity contribution >= 4 is 37.5 Å². The Kier molecular flexibility index (Phi) is 4.95. The van der Waals surface area contributed by atoms with Gasteiger partial charge in [-0.3, -0.25) is 0 Å². The van der Waals surface area contributed by atoms with Crippen molar-refractivity contribution in [2.75, 3.05) is 33.1 Å². The Morgan fingerprint density at radius 2 is 2.16 bits per heavy atom. The molecular weight excluding hydrogens is 366 g/mol. The molecule has 3 N–H and O–H groups in total. The topological polar surface area (TPSA) is 117 Å². The summed E-state index contributed by atoms with van der Waals surface area (Å²) in [6.07, 6.45) is 0. The van der Waals surface area contributed by atoms with Crippen molar-refractivity contribution in [2.45, 2.75) is 4.90 Å². The zero-order chi connectivity index (χ0) is 18.0. The number of anilines is 1. The first-order valence-electron chi connectivity index (χ1n) is 7.27. The number of methoxy groups -OCH3 is 2. The summed E-state index contributed by atoms with van der Waals surface area (Å²) in [5, 5.41) is 2.55. The number of rotatable bonds is 7. The maximum Gasteiger partial charge on any atom is 0.241 e. The Hall–Kier alpha value is -2.14. The number of furan rings is 1. The Morgan fingerprint density at radius 1 is 1.36 bits per heavy atom. The highest BCUT2D eigenvalue weighted by Crippen LogP contribution is 2.37. The molecule has 0 aliphatic heterocycles. The van der Waals surface area contributed by atoms with Gasteiger partial charge in [0, 0.05) is 24.4 Å². The fourth-order valence-corrected chi connectivity index (χ4v) is 4.10. The lowest BCUT2D eigenvalue weighted by atomic mass is 10.2. The third-order valence-corrected chi connectivity index (χ3v) is 5.68. The van der Waals surface area contributed by atoms with Crippen molar-refractivity contribution < 1.29 is 22.3 Å². The number of thiazole rings is 1. The summed E-state index contributed by atoms with van der Waals surface area (Å²) in [5.74, 6) is 0.848. The number of hydrogen-bond acceptors (Lipinski definition) is 8. The second kappa shape index (κ2) is 7.00. The molecule has 3 rings (SSSR count). The minimum Gasteiger partial charge on any atom is -0.493 e. The maximum absolute atomic E-state index is 12.6. The molecule has 10 heteroatoms. The number of ether oxygens (including phenoxy) is 2. The summed E-state index contributed by atoms with van der Waals surface area (Å²) < 4.78 is 43.6. The molecule has 0 radical (unpaired) electrons. The molecule has 2 heterocycles. The van der Waals surface area contributed by atoms with Gasteiger partial charge in [-0.1, -0.05) is 0 Å². The largest absolute Gasteiger partial charge is 0.493 e. The van der Waals surface area contributed by atoms with Gasteiger partial charge in [0.1, 0.15) is 5.69 Å². The molecule has 0 fully saturated rings. The Balaban J connectivity index is 2.12. The lowest BCUT2D eigenvalue weighted by Crippen LogP contribution is -2.27. The summed E-state index contributed by atoms with van der Waals surface area (Å²) in [6, 6.07) is 4.65. The van der Waals surface area contributed by atoms with Crippen LogP contribution in [-0.4, -0.2) is 40.8 Å². The van der Waals surface area contributed by atoms with Crippen LogP contribution in [0.5, 0.6) is 5.75 Å². The molecule has 0 bridgehead atoms. The first-order chi connectivity index (χ1) is 12.0. The van der Waals surface area contributed by atoms with Crippen LogP contribution in [0.2, 0.25) is 0 Å². The molecule has 8 nitrogen and oxygen atoms in total. The molecule has 0 amide bonds. The zero-order valence-electron chi connectivity index (χ0n) is 13.6. The van der Waals surface area contributed by atoms with Crippen LogP contribution in [-0.2, 0) is 14.8 Å². The zero-order valence-corrected chi connectivity index (χ0v) is 15.2. The van der Waals surface area contributed by atoms with Gasteiger partial charge in [-0.25, -0.2) is 18.1 Å². The molecule has 2 aromatic heterocycles. The summed E-state index contributed by atoms with van der Waals surface area (Å²) in [4.78, 5) is 4.26. The van der Waals surface area contributed by atoms with Gasteiger partial charge in [0.15, 0.2) is 22.2 Å². The predicted octanol–water partition coefficient (Wildman–Crippen LogP) is 2.07. The van der Waals surface area contributed by atoms with Gasteiger partial charge >= 0.3 is 0 Å². The summed E-state index contributed by atoms with van der Waals surface area (Å²) in [5.41, 5.74) is 6.53. The van der Waals surface area contributed by atoms with E-state index in [1.165, 1.54) is 31.6 Å². The predicted molar refractivity (Wildman–Crippen MR) is 95.4 cm³/mol. The Morgan fingerprint density at radius 3 is 2.80 bits per heavy atom. The normalized spacial score (nSPS) is 11.9. The summed E-state index contributed by atoms with van der Waals surface area (Å²) in [7, 11) is -0.745. The molecule has 25 heavy (non-hydrogen) atoms. The van der Waals surface area contributed by atoms with Gasteiger partial charge in [0.05, 0.1) is 18.6 Å². The monoisotopic (exact) mass is 383 g/mol. The van der Waals surface area contributed by atoms with Crippen molar-refractivity contribution in [1.82, 2.24) is 9.71 Å². The highest BCUT2D eigenvalue weighted by Gasteiger charge is 2.23. The number of sulfonamides is 1. The molecule has 0 aliphatic carbocycles. The van der Waals surface area contributed by atoms with Crippen molar-refractivity contribution in [1.29, 1.82) is 0 Å². The molecular formula is C15H17N3O5S2. The van der Waals surface area contributed by atoms with E-state index in [-0.39, 0.29) is 18.0 Å². The number of nitrogen functional groups attached to an aromatic ring is 1. The molecule has 1 aromatic carbocycles. The number of nitrogens with one attached hydrogen (secondary N) is 1. The van der Waals surface area contributed by atoms with E-state index in [2.05, 4.69) is 9.71 Å². The SMILES string of the molecule is COCCNS(=O)(=O)c1ccc(OC)c2oc(-c3csc(N)n3)cc12. The average molecular weight is 383 g/mol. The molecule has 0 spiro atoms. The second-order valence-electron chi connectivity index (χ2n) is 5.08. The van der Waals surface area contributed by atoms with Crippen molar-refractivity contribution in [3.05, 3.63) is 23.6 Å². The standard InChI is InChI=1S/C15H17N3O5S2/c1-21-6-5-17-25(19,20)13-4-3-11(22-2)14-9(13)7-12(23-14)10-8-24-15(16)18-10/h3-4,7-8,17H,5-6H2,1-2H3,(H2,16,18). The Bertz CT molecular complexity index is 994. The fraction of sp³-hybridized carbons (Fsp3) is 0.267. The minimum absolute atomic E-state index is 0.0950. The van der Waals surface area contributed by atoms with Crippen LogP contribution in [0.15, 0.2) is 32.9 Å². The minimum atomic E-state index is -3.74. The van der Waals surface area contributed by atoms with E-state index in [9.17, 15) is 8.42 Å². The number of aromatic nitrogens is 1. The van der Waals surface area contributed by atoms with Crippen LogP contribution in [0.3, 0.4) is 0 Å². The maximum atomic E-state index is 12.6. The summed E-state index contributed by atoms with van der Waals surface area (Å²) >= 11 is 1.27. The van der Waals surface area contributed by atoms with Crippen molar-refractivity contribution in [3.63, 3.8) is 0 Å². The van der Waals surface area contributed by atoms with Crippen LogP contribution in [0.1, 0.15) is 0 Å². The highest BCUT2D eigenvalue weighted by molar-refractivity contribution is 7.89. The average Bonchev–Trinajstić information content (AvgIpc) is 3.20. The Labute approximate surface area is 148 Å². The first kappa shape index (κ1) is 17.7. The molecule has 0 unspecified atom stereocenters. The van der Waals surface area contributed by atoms with E-state index in [1.807, 2.05) is 0 Å². The molecule has 3 aromatic rings. The number of nitrogens with two attached hydrogens (primary N) is 1. The van der Waals surface area contributed by atoms with E-state index in [0.29, 0.717) is 33.3 Å². The van der Waals surface area contributed by atoms with Gasteiger partial charge in [0.2, 0.25) is 10.0 Å². The lowest BCUT2D eigenvalue weighted by molar-refractivity contribution is 0.204. The fourth-order valence-electron chi connectivity index (χ4n) is 2.35. The molecule has 0 atom stereocenters. The molecule has 134 valence electrons. The number of benzene rings is 1. The van der Waals surface area contributed by atoms with Crippen LogP contribution in [0.4, 0.5) is 5.13 Å². The van der Waals surface area contributed by atoms with E-state index < -0.39 is 10.0 Å². The highest BCUT2D eigenvalue weighted by atomic mass is 32.2. The van der Waals surface area contributed by atoms with Crippen molar-refractivity contribution in [3.8, 4) is 17.2 Å². The molecule has 0 aliphatic rings. The lowest BCUT2D eigenvalue weighted by Gasteiger charge is -2.08. The van der Waals surface area contributed by atoms with Crippen LogP contribution < -0.4 is 15.2 Å². The van der Waals surface area contributed by atoms with Crippen molar-refractivity contribution in [2.24, 2.45) is 0 Å². The van der Waals surface area contributed by atoms with Gasteiger partial charge in [-0.15, -0.1) is 11.3 Å². The third kappa shape index (κ3) is 3.47. The molecule has 0 saturated carbocycles. The van der Waals surface area contributed by atoms with Gasteiger partial charge in [-0.2, -0.15) is 0 Å². The van der Waals surface area contributed by atoms with Gasteiger partial charge in [-0.05, 0) is 18.2 Å². The number of nitrogens with zero attached hydrogens (tertiary/aromatic N) is 1. The van der Waals surface area contributed by atoms with E-state index in [0.717, 1.165) is 0 Å². The van der Waals surface area contributed by atoms with E-state index >= 15 is 0 Å². The number of hydrogen-bond donors (Lipinski definition) is 2. The first-order valence-corrected chi connectivity index (χ1v) is 9.63. The van der Waals surface area contributed by atoms with Gasteiger partial charge in [0.25, 0.3) is 0 Å². The van der Waals surface area contributed by atoms with Crippen LogP contribution >= 0.6 is 11.3 Å². The number of fused-ring (bicyclic) bond motifs is 1. The van der Waals surface area contributed by atoms with Crippen LogP contribution in [0.25, 0.3) is 22.4 Å². The van der Waals surface area contributed by atoms with E-state index in [1.54, 1.807) is 17.5 Å².